The molecule has 8 unspecified atom stereocenters. The van der Waals surface area contributed by atoms with E-state index in [1.807, 2.05) is 6.92 Å². The third kappa shape index (κ3) is 1.60. The minimum absolute atomic E-state index is 0.0618. The molecule has 0 radical (unpaired) electrons. The average molecular weight is 292 g/mol. The Bertz CT molecular complexity index is 475. The molecular formula is C18H28O3. The van der Waals surface area contributed by atoms with Crippen molar-refractivity contribution >= 4 is 5.78 Å². The van der Waals surface area contributed by atoms with Crippen LogP contribution >= 0.6 is 0 Å². The van der Waals surface area contributed by atoms with Gasteiger partial charge in [-0.15, -0.1) is 0 Å². The number of hydrogen-bond acceptors (Lipinski definition) is 3. The molecule has 0 amide bonds. The smallest absolute Gasteiger partial charge is 0.145 e. The van der Waals surface area contributed by atoms with Gasteiger partial charge in [-0.2, -0.15) is 0 Å². The van der Waals surface area contributed by atoms with Gasteiger partial charge in [-0.05, 0) is 75.0 Å². The fraction of sp³-hybridized carbons (Fsp3) is 0.944. The van der Waals surface area contributed by atoms with E-state index in [9.17, 15) is 15.0 Å². The van der Waals surface area contributed by atoms with Crippen LogP contribution in [0.1, 0.15) is 58.8 Å². The number of carbonyl (C=O) groups excluding carboxylic acids is 1. The van der Waals surface area contributed by atoms with Gasteiger partial charge in [0.15, 0.2) is 0 Å². The summed E-state index contributed by atoms with van der Waals surface area (Å²) in [6.45, 7) is 4.33. The van der Waals surface area contributed by atoms with Gasteiger partial charge in [0.25, 0.3) is 0 Å². The first-order valence-corrected chi connectivity index (χ1v) is 8.79. The highest BCUT2D eigenvalue weighted by molar-refractivity contribution is 5.91. The number of fused-ring (bicyclic) bond motifs is 5. The van der Waals surface area contributed by atoms with Crippen LogP contribution in [0.2, 0.25) is 0 Å². The summed E-state index contributed by atoms with van der Waals surface area (Å²) in [5, 5.41) is 20.4. The quantitative estimate of drug-likeness (QED) is 0.721. The van der Waals surface area contributed by atoms with Crippen LogP contribution in [0.15, 0.2) is 0 Å². The Labute approximate surface area is 127 Å². The molecule has 4 aliphatic rings. The first-order valence-electron chi connectivity index (χ1n) is 8.79. The maximum atomic E-state index is 13.3. The normalized spacial score (nSPS) is 59.5. The van der Waals surface area contributed by atoms with E-state index in [0.717, 1.165) is 44.9 Å². The Hall–Kier alpha value is -0.410. The van der Waals surface area contributed by atoms with Gasteiger partial charge in [0, 0.05) is 5.92 Å². The third-order valence-electron chi connectivity index (χ3n) is 8.04. The van der Waals surface area contributed by atoms with Crippen LogP contribution < -0.4 is 0 Å². The Morgan fingerprint density at radius 2 is 1.81 bits per heavy atom. The highest BCUT2D eigenvalue weighted by atomic mass is 16.3. The van der Waals surface area contributed by atoms with Crippen LogP contribution in [0, 0.1) is 34.5 Å². The van der Waals surface area contributed by atoms with Gasteiger partial charge >= 0.3 is 0 Å². The molecular weight excluding hydrogens is 264 g/mol. The van der Waals surface area contributed by atoms with Crippen LogP contribution in [-0.2, 0) is 4.79 Å². The van der Waals surface area contributed by atoms with Gasteiger partial charge in [-0.25, -0.2) is 0 Å². The van der Waals surface area contributed by atoms with Crippen LogP contribution in [0.25, 0.3) is 0 Å². The molecule has 0 heterocycles. The van der Waals surface area contributed by atoms with E-state index >= 15 is 0 Å². The summed E-state index contributed by atoms with van der Waals surface area (Å²) in [6, 6.07) is 0. The Kier molecular flexibility index (Phi) is 2.92. The zero-order valence-electron chi connectivity index (χ0n) is 13.2. The lowest BCUT2D eigenvalue weighted by molar-refractivity contribution is -0.143. The van der Waals surface area contributed by atoms with Crippen LogP contribution in [0.5, 0.6) is 0 Å². The van der Waals surface area contributed by atoms with Crippen LogP contribution in [-0.4, -0.2) is 28.2 Å². The van der Waals surface area contributed by atoms with E-state index in [1.165, 1.54) is 0 Å². The first kappa shape index (κ1) is 14.2. The van der Waals surface area contributed by atoms with E-state index in [0.29, 0.717) is 23.5 Å². The minimum atomic E-state index is -0.483. The van der Waals surface area contributed by atoms with E-state index < -0.39 is 11.5 Å². The summed E-state index contributed by atoms with van der Waals surface area (Å²) in [4.78, 5) is 13.3. The molecule has 4 fully saturated rings. The molecule has 0 aromatic carbocycles. The number of hydrogen-bond donors (Lipinski definition) is 2. The number of aliphatic hydroxyl groups excluding tert-OH is 2. The SMILES string of the molecule is CC12CCC(O)CC1CCC1C2C(=O)C2(C)C(O)CCC12. The van der Waals surface area contributed by atoms with Crippen molar-refractivity contribution in [2.45, 2.75) is 71.0 Å². The molecule has 3 nitrogen and oxygen atoms in total. The number of rotatable bonds is 0. The predicted molar refractivity (Wildman–Crippen MR) is 79.5 cm³/mol. The molecule has 0 aliphatic heterocycles. The number of carbonyl (C=O) groups is 1. The van der Waals surface area contributed by atoms with Crippen molar-refractivity contribution in [2.75, 3.05) is 0 Å². The summed E-state index contributed by atoms with van der Waals surface area (Å²) >= 11 is 0. The van der Waals surface area contributed by atoms with E-state index in [4.69, 9.17) is 0 Å². The zero-order valence-corrected chi connectivity index (χ0v) is 13.2. The highest BCUT2D eigenvalue weighted by Crippen LogP contribution is 2.67. The van der Waals surface area contributed by atoms with Crippen molar-refractivity contribution in [1.29, 1.82) is 0 Å². The van der Waals surface area contributed by atoms with Crippen molar-refractivity contribution in [2.24, 2.45) is 34.5 Å². The molecule has 4 rings (SSSR count). The molecule has 0 bridgehead atoms. The number of Topliss-reactive ketones (excluding diaryl/α,β-unsaturated/α-hetero) is 1. The standard InChI is InChI=1S/C18H28O3/c1-17-8-7-11(19)9-10(17)3-4-12-13-5-6-14(20)18(13,2)16(21)15(12)17/h10-15,19-20H,3-9H2,1-2H3. The summed E-state index contributed by atoms with van der Waals surface area (Å²) in [5.41, 5.74) is -0.421. The molecule has 0 aromatic rings. The van der Waals surface area contributed by atoms with Crippen LogP contribution in [0.3, 0.4) is 0 Å². The molecule has 2 N–H and O–H groups in total. The lowest BCUT2D eigenvalue weighted by atomic mass is 9.52. The predicted octanol–water partition coefficient (Wildman–Crippen LogP) is 2.54. The average Bonchev–Trinajstić information content (AvgIpc) is 2.86. The third-order valence-corrected chi connectivity index (χ3v) is 8.04. The fourth-order valence-corrected chi connectivity index (χ4v) is 6.76. The fourth-order valence-electron chi connectivity index (χ4n) is 6.76. The second-order valence-electron chi connectivity index (χ2n) is 8.70. The maximum Gasteiger partial charge on any atom is 0.145 e. The van der Waals surface area contributed by atoms with E-state index in [1.54, 1.807) is 0 Å². The summed E-state index contributed by atoms with van der Waals surface area (Å²) in [5.74, 6) is 1.86. The summed E-state index contributed by atoms with van der Waals surface area (Å²) in [7, 11) is 0. The largest absolute Gasteiger partial charge is 0.393 e. The number of ketones is 1. The second kappa shape index (κ2) is 4.32. The van der Waals surface area contributed by atoms with Crippen molar-refractivity contribution in [3.63, 3.8) is 0 Å². The van der Waals surface area contributed by atoms with Crippen LogP contribution in [0.4, 0.5) is 0 Å². The molecule has 118 valence electrons. The second-order valence-corrected chi connectivity index (χ2v) is 8.70. The van der Waals surface area contributed by atoms with E-state index in [2.05, 4.69) is 6.92 Å². The summed E-state index contributed by atoms with van der Waals surface area (Å²) < 4.78 is 0. The number of aliphatic hydroxyl groups is 2. The molecule has 0 saturated heterocycles. The van der Waals surface area contributed by atoms with Gasteiger partial charge in [-0.1, -0.05) is 6.92 Å². The first-order chi connectivity index (χ1) is 9.89. The molecule has 21 heavy (non-hydrogen) atoms. The topological polar surface area (TPSA) is 57.5 Å². The van der Waals surface area contributed by atoms with Gasteiger partial charge in [0.1, 0.15) is 5.78 Å². The lowest BCUT2D eigenvalue weighted by Gasteiger charge is -2.52. The molecule has 4 saturated carbocycles. The molecule has 8 atom stereocenters. The highest BCUT2D eigenvalue weighted by Gasteiger charge is 2.68. The lowest BCUT2D eigenvalue weighted by Crippen LogP contribution is -2.50. The van der Waals surface area contributed by atoms with E-state index in [-0.39, 0.29) is 17.4 Å². The van der Waals surface area contributed by atoms with Gasteiger partial charge in [0.2, 0.25) is 0 Å². The minimum Gasteiger partial charge on any atom is -0.393 e. The van der Waals surface area contributed by atoms with Gasteiger partial charge < -0.3 is 10.2 Å². The molecule has 4 aliphatic carbocycles. The van der Waals surface area contributed by atoms with Crippen molar-refractivity contribution < 1.29 is 15.0 Å². The molecule has 0 spiro atoms. The molecule has 3 heteroatoms. The van der Waals surface area contributed by atoms with Crippen molar-refractivity contribution in [1.82, 2.24) is 0 Å². The van der Waals surface area contributed by atoms with Crippen molar-refractivity contribution in [3.05, 3.63) is 0 Å². The Morgan fingerprint density at radius 3 is 2.57 bits per heavy atom. The van der Waals surface area contributed by atoms with Crippen molar-refractivity contribution in [3.8, 4) is 0 Å². The Balaban J connectivity index is 1.73. The maximum absolute atomic E-state index is 13.3. The zero-order chi connectivity index (χ0) is 15.0. The monoisotopic (exact) mass is 292 g/mol. The summed E-state index contributed by atoms with van der Waals surface area (Å²) in [6.07, 6.45) is 6.19. The molecule has 0 aromatic heterocycles. The van der Waals surface area contributed by atoms with Gasteiger partial charge in [-0.3, -0.25) is 4.79 Å². The van der Waals surface area contributed by atoms with Gasteiger partial charge in [0.05, 0.1) is 17.6 Å². The Morgan fingerprint density at radius 1 is 1.05 bits per heavy atom.